The molecule has 0 fully saturated rings. The van der Waals surface area contributed by atoms with Crippen LogP contribution in [0.3, 0.4) is 0 Å². The number of carbonyl (C=O) groups is 3. The number of hydrogen-bond acceptors (Lipinski definition) is 9. The summed E-state index contributed by atoms with van der Waals surface area (Å²) in [6.07, 6.45) is -4.88. The van der Waals surface area contributed by atoms with Gasteiger partial charge in [0.25, 0.3) is 0 Å². The first kappa shape index (κ1) is 30.3. The van der Waals surface area contributed by atoms with Gasteiger partial charge in [-0.3, -0.25) is 14.8 Å². The van der Waals surface area contributed by atoms with E-state index in [0.29, 0.717) is 12.1 Å². The van der Waals surface area contributed by atoms with Crippen molar-refractivity contribution in [3.05, 3.63) is 70.9 Å². The molecular formula is C24H24F3NO9S. The van der Waals surface area contributed by atoms with Crippen LogP contribution >= 0.6 is 0 Å². The number of sulfone groups is 1. The van der Waals surface area contributed by atoms with Gasteiger partial charge in [-0.25, -0.2) is 13.2 Å². The minimum absolute atomic E-state index is 0.0892. The molecule has 0 amide bonds. The van der Waals surface area contributed by atoms with Crippen molar-refractivity contribution in [2.24, 2.45) is 5.92 Å². The van der Waals surface area contributed by atoms with E-state index < -0.39 is 79.7 Å². The fraction of sp³-hybridized carbons (Fsp3) is 0.333. The highest BCUT2D eigenvalue weighted by Gasteiger charge is 2.47. The second-order valence-corrected chi connectivity index (χ2v) is 9.98. The number of hydrogen-bond donors (Lipinski definition) is 1. The minimum atomic E-state index is -4.88. The molecule has 0 aliphatic rings. The number of benzene rings is 2. The molecule has 0 aliphatic carbocycles. The van der Waals surface area contributed by atoms with E-state index in [-0.39, 0.29) is 11.5 Å². The maximum atomic E-state index is 13.4. The van der Waals surface area contributed by atoms with Crippen LogP contribution in [0.5, 0.6) is 0 Å². The maximum absolute atomic E-state index is 13.4. The van der Waals surface area contributed by atoms with Crippen molar-refractivity contribution in [3.8, 4) is 0 Å². The summed E-state index contributed by atoms with van der Waals surface area (Å²) in [5.74, 6) is -8.79. The largest absolute Gasteiger partial charge is 0.465 e. The van der Waals surface area contributed by atoms with E-state index in [1.54, 1.807) is 6.07 Å². The van der Waals surface area contributed by atoms with Crippen LogP contribution in [0.1, 0.15) is 30.9 Å². The summed E-state index contributed by atoms with van der Waals surface area (Å²) < 4.78 is 74.6. The van der Waals surface area contributed by atoms with Gasteiger partial charge in [0, 0.05) is 4.90 Å². The lowest BCUT2D eigenvalue weighted by atomic mass is 9.79. The van der Waals surface area contributed by atoms with E-state index in [9.17, 15) is 46.4 Å². The second-order valence-electron chi connectivity index (χ2n) is 7.87. The van der Waals surface area contributed by atoms with E-state index in [1.807, 2.05) is 0 Å². The molecule has 0 bridgehead atoms. The summed E-state index contributed by atoms with van der Waals surface area (Å²) in [4.78, 5) is 36.8. The number of carbonyl (C=O) groups excluding carboxylic acids is 3. The van der Waals surface area contributed by atoms with Crippen molar-refractivity contribution >= 4 is 33.3 Å². The van der Waals surface area contributed by atoms with Crippen LogP contribution in [0.25, 0.3) is 0 Å². The number of ether oxygens (including phenoxy) is 2. The third-order valence-corrected chi connectivity index (χ3v) is 6.98. The molecule has 0 radical (unpaired) electrons. The van der Waals surface area contributed by atoms with Crippen molar-refractivity contribution in [3.63, 3.8) is 0 Å². The van der Waals surface area contributed by atoms with Gasteiger partial charge in [0.1, 0.15) is 24.2 Å². The molecule has 2 unspecified atom stereocenters. The Bertz CT molecular complexity index is 1300. The van der Waals surface area contributed by atoms with Gasteiger partial charge in [-0.15, -0.1) is 0 Å². The number of esters is 2. The Hall–Kier alpha value is -3.94. The highest BCUT2D eigenvalue weighted by atomic mass is 32.2. The van der Waals surface area contributed by atoms with Crippen molar-refractivity contribution in [2.75, 3.05) is 19.0 Å². The van der Waals surface area contributed by atoms with Crippen LogP contribution in [0.2, 0.25) is 0 Å². The molecule has 206 valence electrons. The number of alkyl halides is 3. The SMILES string of the molecule is CCOC(=O)C(C(C)=O)C(/C(C(=O)OCCS(=O)(=O)c1ccccc1)=[N+](/[O-])O)c1cccc(C(F)(F)F)c1. The molecule has 2 rings (SSSR count). The fourth-order valence-electron chi connectivity index (χ4n) is 3.57. The van der Waals surface area contributed by atoms with Crippen molar-refractivity contribution in [1.29, 1.82) is 0 Å². The first-order valence-corrected chi connectivity index (χ1v) is 12.7. The maximum Gasteiger partial charge on any atom is 0.416 e. The molecule has 14 heteroatoms. The predicted octanol–water partition coefficient (Wildman–Crippen LogP) is 2.91. The molecule has 0 aliphatic heterocycles. The summed E-state index contributed by atoms with van der Waals surface area (Å²) in [7, 11) is -3.94. The summed E-state index contributed by atoms with van der Waals surface area (Å²) in [6, 6.07) is 10.2. The molecule has 38 heavy (non-hydrogen) atoms. The number of halogens is 3. The summed E-state index contributed by atoms with van der Waals surface area (Å²) >= 11 is 0. The van der Waals surface area contributed by atoms with Crippen LogP contribution in [-0.2, 0) is 39.9 Å². The molecule has 0 spiro atoms. The first-order chi connectivity index (χ1) is 17.7. The second kappa shape index (κ2) is 12.5. The zero-order valence-corrected chi connectivity index (χ0v) is 21.0. The van der Waals surface area contributed by atoms with Crippen LogP contribution in [0.4, 0.5) is 13.2 Å². The van der Waals surface area contributed by atoms with Crippen LogP contribution in [-0.4, -0.2) is 60.9 Å². The zero-order valence-electron chi connectivity index (χ0n) is 20.2. The van der Waals surface area contributed by atoms with Gasteiger partial charge in [0.15, 0.2) is 9.84 Å². The Labute approximate surface area is 215 Å². The lowest BCUT2D eigenvalue weighted by molar-refractivity contribution is -0.726. The smallest absolute Gasteiger partial charge is 0.416 e. The Morgan fingerprint density at radius 3 is 2.21 bits per heavy atom. The number of ketones is 1. The lowest BCUT2D eigenvalue weighted by Gasteiger charge is -2.23. The van der Waals surface area contributed by atoms with Gasteiger partial charge in [-0.05, 0) is 37.6 Å². The highest BCUT2D eigenvalue weighted by molar-refractivity contribution is 7.91. The molecular weight excluding hydrogens is 535 g/mol. The summed E-state index contributed by atoms with van der Waals surface area (Å²) in [5, 5.41) is 21.9. The zero-order chi connectivity index (χ0) is 28.7. The van der Waals surface area contributed by atoms with E-state index in [4.69, 9.17) is 9.47 Å². The first-order valence-electron chi connectivity index (χ1n) is 11.0. The fourth-order valence-corrected chi connectivity index (χ4v) is 4.68. The number of rotatable bonds is 11. The summed E-state index contributed by atoms with van der Waals surface area (Å²) in [6.45, 7) is 1.18. The van der Waals surface area contributed by atoms with E-state index in [1.165, 1.54) is 31.2 Å². The van der Waals surface area contributed by atoms with Crippen molar-refractivity contribution in [2.45, 2.75) is 30.8 Å². The van der Waals surface area contributed by atoms with Gasteiger partial charge >= 0.3 is 23.8 Å². The molecule has 2 atom stereocenters. The Morgan fingerprint density at radius 2 is 1.68 bits per heavy atom. The Kier molecular flexibility index (Phi) is 9.99. The Morgan fingerprint density at radius 1 is 1.05 bits per heavy atom. The molecule has 0 saturated carbocycles. The molecule has 10 nitrogen and oxygen atoms in total. The van der Waals surface area contributed by atoms with Gasteiger partial charge in [0.05, 0.1) is 22.8 Å². The standard InChI is InChI=1S/C24H24F3NO9S/c1-3-36-22(30)19(15(2)29)20(16-8-7-9-17(14-16)24(25,26)27)21(28(32)33)23(31)37-12-13-38(34,35)18-10-5-4-6-11-18/h4-11,14,19-20H,3,12-13H2,1-2H3,(H,32,33). The highest BCUT2D eigenvalue weighted by Crippen LogP contribution is 2.35. The third-order valence-electron chi connectivity index (χ3n) is 5.28. The van der Waals surface area contributed by atoms with Crippen molar-refractivity contribution in [1.82, 2.24) is 0 Å². The molecule has 0 heterocycles. The average molecular weight is 560 g/mol. The van der Waals surface area contributed by atoms with Gasteiger partial charge < -0.3 is 14.7 Å². The molecule has 2 aromatic carbocycles. The quantitative estimate of drug-likeness (QED) is 0.109. The normalized spacial score (nSPS) is 14.1. The van der Waals surface area contributed by atoms with E-state index >= 15 is 0 Å². The molecule has 0 saturated heterocycles. The number of nitrogens with zero attached hydrogens (tertiary/aromatic N) is 1. The minimum Gasteiger partial charge on any atom is -0.465 e. The van der Waals surface area contributed by atoms with Crippen molar-refractivity contribution < 1.29 is 55.6 Å². The topological polar surface area (TPSA) is 150 Å². The Balaban J connectivity index is 2.51. The summed E-state index contributed by atoms with van der Waals surface area (Å²) in [5.41, 5.74) is -3.07. The monoisotopic (exact) mass is 559 g/mol. The number of Topliss-reactive ketones (excluding diaryl/α,β-unsaturated/α-hetero) is 1. The van der Waals surface area contributed by atoms with E-state index in [2.05, 4.69) is 0 Å². The molecule has 2 aromatic rings. The van der Waals surface area contributed by atoms with Gasteiger partial charge in [0.2, 0.25) is 0 Å². The van der Waals surface area contributed by atoms with E-state index in [0.717, 1.165) is 19.1 Å². The van der Waals surface area contributed by atoms with Crippen LogP contribution in [0.15, 0.2) is 59.5 Å². The van der Waals surface area contributed by atoms with Crippen LogP contribution in [0, 0.1) is 11.1 Å². The predicted molar refractivity (Wildman–Crippen MR) is 125 cm³/mol. The van der Waals surface area contributed by atoms with Gasteiger partial charge in [-0.1, -0.05) is 36.4 Å². The van der Waals surface area contributed by atoms with Gasteiger partial charge in [-0.2, -0.15) is 13.2 Å². The lowest BCUT2D eigenvalue weighted by Crippen LogP contribution is -2.41. The van der Waals surface area contributed by atoms with Crippen LogP contribution < -0.4 is 0 Å². The molecule has 1 N–H and O–H groups in total. The third kappa shape index (κ3) is 7.54. The molecule has 0 aromatic heterocycles. The average Bonchev–Trinajstić information content (AvgIpc) is 2.83.